The molecule has 0 aliphatic rings. The van der Waals surface area contributed by atoms with Crippen LogP contribution in [-0.2, 0) is 20.7 Å². The van der Waals surface area contributed by atoms with E-state index >= 15 is 0 Å². The fourth-order valence-electron chi connectivity index (χ4n) is 0.905. The van der Waals surface area contributed by atoms with E-state index in [1.165, 1.54) is 11.3 Å². The number of thiazole rings is 1. The van der Waals surface area contributed by atoms with Gasteiger partial charge in [-0.05, 0) is 13.8 Å². The minimum absolute atomic E-state index is 0.0390. The van der Waals surface area contributed by atoms with Gasteiger partial charge >= 0.3 is 5.97 Å². The number of ether oxygens (including phenoxy) is 1. The summed E-state index contributed by atoms with van der Waals surface area (Å²) in [5, 5.41) is 2.49. The van der Waals surface area contributed by atoms with Gasteiger partial charge in [-0.1, -0.05) is 0 Å². The van der Waals surface area contributed by atoms with Gasteiger partial charge in [-0.25, -0.2) is 9.78 Å². The van der Waals surface area contributed by atoms with Crippen LogP contribution in [-0.4, -0.2) is 23.3 Å². The number of Topliss-reactive ketones (excluding diaryl/α,β-unsaturated/α-hetero) is 1. The third kappa shape index (κ3) is 2.92. The van der Waals surface area contributed by atoms with Gasteiger partial charge in [0.2, 0.25) is 5.78 Å². The first-order valence-electron chi connectivity index (χ1n) is 4.24. The topological polar surface area (TPSA) is 56.3 Å². The molecule has 0 N–H and O–H groups in total. The summed E-state index contributed by atoms with van der Waals surface area (Å²) in [7, 11) is 0. The Morgan fingerprint density at radius 1 is 1.57 bits per heavy atom. The summed E-state index contributed by atoms with van der Waals surface area (Å²) >= 11 is 1.37. The molecule has 1 heterocycles. The average molecular weight is 213 g/mol. The standard InChI is InChI=1S/C9H11NO3S/c1-3-13-9(12)7(11)4-8-10-6(2)5-14-8/h5H,3-4H2,1-2H3. The fourth-order valence-corrected chi connectivity index (χ4v) is 1.68. The van der Waals surface area contributed by atoms with Gasteiger partial charge in [0, 0.05) is 11.1 Å². The molecule has 0 saturated heterocycles. The van der Waals surface area contributed by atoms with Crippen molar-refractivity contribution < 1.29 is 14.3 Å². The van der Waals surface area contributed by atoms with E-state index < -0.39 is 11.8 Å². The predicted octanol–water partition coefficient (Wildman–Crippen LogP) is 1.13. The number of carbonyl (C=O) groups is 2. The summed E-state index contributed by atoms with van der Waals surface area (Å²) in [6.07, 6.45) is 0.0390. The quantitative estimate of drug-likeness (QED) is 0.555. The maximum Gasteiger partial charge on any atom is 0.375 e. The van der Waals surface area contributed by atoms with Crippen molar-refractivity contribution in [3.05, 3.63) is 16.1 Å². The normalized spacial score (nSPS) is 9.86. The van der Waals surface area contributed by atoms with Crippen molar-refractivity contribution >= 4 is 23.1 Å². The number of rotatable bonds is 4. The van der Waals surface area contributed by atoms with Crippen LogP contribution in [0, 0.1) is 6.92 Å². The van der Waals surface area contributed by atoms with Gasteiger partial charge in [-0.2, -0.15) is 0 Å². The first kappa shape index (κ1) is 10.8. The van der Waals surface area contributed by atoms with Crippen LogP contribution in [0.2, 0.25) is 0 Å². The van der Waals surface area contributed by atoms with Gasteiger partial charge in [0.1, 0.15) is 5.01 Å². The Morgan fingerprint density at radius 2 is 2.29 bits per heavy atom. The zero-order chi connectivity index (χ0) is 10.6. The van der Waals surface area contributed by atoms with Gasteiger partial charge in [0.15, 0.2) is 0 Å². The maximum atomic E-state index is 11.2. The zero-order valence-corrected chi connectivity index (χ0v) is 8.89. The molecule has 0 spiro atoms. The van der Waals surface area contributed by atoms with E-state index in [2.05, 4.69) is 9.72 Å². The molecule has 0 radical (unpaired) electrons. The van der Waals surface area contributed by atoms with Crippen molar-refractivity contribution in [2.45, 2.75) is 20.3 Å². The Balaban J connectivity index is 2.53. The highest BCUT2D eigenvalue weighted by Gasteiger charge is 2.16. The Morgan fingerprint density at radius 3 is 2.79 bits per heavy atom. The number of ketones is 1. The molecule has 4 nitrogen and oxygen atoms in total. The molecule has 1 aromatic heterocycles. The van der Waals surface area contributed by atoms with Crippen LogP contribution < -0.4 is 0 Å². The van der Waals surface area contributed by atoms with Gasteiger partial charge < -0.3 is 4.74 Å². The molecular formula is C9H11NO3S. The molecule has 0 bridgehead atoms. The first-order valence-corrected chi connectivity index (χ1v) is 5.12. The van der Waals surface area contributed by atoms with Crippen molar-refractivity contribution in [2.24, 2.45) is 0 Å². The first-order chi connectivity index (χ1) is 6.63. The lowest BCUT2D eigenvalue weighted by molar-refractivity contribution is -0.153. The second-order valence-corrected chi connectivity index (χ2v) is 3.65. The van der Waals surface area contributed by atoms with E-state index in [9.17, 15) is 9.59 Å². The van der Waals surface area contributed by atoms with Crippen molar-refractivity contribution in [2.75, 3.05) is 6.61 Å². The van der Waals surface area contributed by atoms with Crippen LogP contribution in [0.3, 0.4) is 0 Å². The van der Waals surface area contributed by atoms with Crippen LogP contribution in [0.4, 0.5) is 0 Å². The minimum atomic E-state index is -0.777. The van der Waals surface area contributed by atoms with Crippen LogP contribution in [0.25, 0.3) is 0 Å². The molecule has 0 aliphatic heterocycles. The summed E-state index contributed by atoms with van der Waals surface area (Å²) in [4.78, 5) is 26.2. The number of nitrogens with zero attached hydrogens (tertiary/aromatic N) is 1. The second kappa shape index (κ2) is 4.85. The van der Waals surface area contributed by atoms with E-state index in [0.717, 1.165) is 5.69 Å². The Hall–Kier alpha value is -1.23. The highest BCUT2D eigenvalue weighted by molar-refractivity contribution is 7.09. The second-order valence-electron chi connectivity index (χ2n) is 2.70. The third-order valence-corrected chi connectivity index (χ3v) is 2.45. The van der Waals surface area contributed by atoms with Crippen LogP contribution in [0.1, 0.15) is 17.6 Å². The van der Waals surface area contributed by atoms with Crippen molar-refractivity contribution in [1.82, 2.24) is 4.98 Å². The SMILES string of the molecule is CCOC(=O)C(=O)Cc1nc(C)cs1. The van der Waals surface area contributed by atoms with Gasteiger partial charge in [0.05, 0.1) is 13.0 Å². The highest BCUT2D eigenvalue weighted by Crippen LogP contribution is 2.09. The van der Waals surface area contributed by atoms with Crippen LogP contribution in [0.15, 0.2) is 5.38 Å². The summed E-state index contributed by atoms with van der Waals surface area (Å²) in [5.74, 6) is -1.32. The number of esters is 1. The number of aryl methyl sites for hydroxylation is 1. The molecule has 1 aromatic rings. The van der Waals surface area contributed by atoms with Crippen LogP contribution >= 0.6 is 11.3 Å². The lowest BCUT2D eigenvalue weighted by atomic mass is 10.3. The van der Waals surface area contributed by atoms with E-state index in [0.29, 0.717) is 5.01 Å². The molecular weight excluding hydrogens is 202 g/mol. The highest BCUT2D eigenvalue weighted by atomic mass is 32.1. The van der Waals surface area contributed by atoms with Crippen molar-refractivity contribution in [1.29, 1.82) is 0 Å². The molecule has 0 aliphatic carbocycles. The number of carbonyl (C=O) groups excluding carboxylic acids is 2. The van der Waals surface area contributed by atoms with Crippen molar-refractivity contribution in [3.63, 3.8) is 0 Å². The van der Waals surface area contributed by atoms with Crippen molar-refractivity contribution in [3.8, 4) is 0 Å². The lowest BCUT2D eigenvalue weighted by Gasteiger charge is -1.97. The average Bonchev–Trinajstić information content (AvgIpc) is 2.51. The summed E-state index contributed by atoms with van der Waals surface area (Å²) in [5.41, 5.74) is 0.863. The molecule has 76 valence electrons. The zero-order valence-electron chi connectivity index (χ0n) is 8.07. The van der Waals surface area contributed by atoms with Gasteiger partial charge in [-0.15, -0.1) is 11.3 Å². The molecule has 1 rings (SSSR count). The molecule has 0 unspecified atom stereocenters. The molecule has 0 atom stereocenters. The number of hydrogen-bond donors (Lipinski definition) is 0. The van der Waals surface area contributed by atoms with E-state index in [1.807, 2.05) is 12.3 Å². The lowest BCUT2D eigenvalue weighted by Crippen LogP contribution is -2.19. The molecule has 0 amide bonds. The van der Waals surface area contributed by atoms with Gasteiger partial charge in [0.25, 0.3) is 0 Å². The predicted molar refractivity (Wildman–Crippen MR) is 52.2 cm³/mol. The van der Waals surface area contributed by atoms with Gasteiger partial charge in [-0.3, -0.25) is 4.79 Å². The van der Waals surface area contributed by atoms with E-state index in [1.54, 1.807) is 6.92 Å². The Kier molecular flexibility index (Phi) is 3.76. The third-order valence-electron chi connectivity index (χ3n) is 1.48. The Bertz CT molecular complexity index is 346. The maximum absolute atomic E-state index is 11.2. The summed E-state index contributed by atoms with van der Waals surface area (Å²) in [6, 6.07) is 0. The molecule has 0 saturated carbocycles. The summed E-state index contributed by atoms with van der Waals surface area (Å²) in [6.45, 7) is 3.73. The summed E-state index contributed by atoms with van der Waals surface area (Å²) < 4.78 is 4.57. The van der Waals surface area contributed by atoms with E-state index in [-0.39, 0.29) is 13.0 Å². The number of hydrogen-bond acceptors (Lipinski definition) is 5. The fraction of sp³-hybridized carbons (Fsp3) is 0.444. The van der Waals surface area contributed by atoms with E-state index in [4.69, 9.17) is 0 Å². The van der Waals surface area contributed by atoms with Crippen LogP contribution in [0.5, 0.6) is 0 Å². The Labute approximate surface area is 85.9 Å². The smallest absolute Gasteiger partial charge is 0.375 e. The molecule has 0 fully saturated rings. The molecule has 5 heteroatoms. The molecule has 0 aromatic carbocycles. The molecule has 14 heavy (non-hydrogen) atoms. The monoisotopic (exact) mass is 213 g/mol. The largest absolute Gasteiger partial charge is 0.460 e. The minimum Gasteiger partial charge on any atom is -0.460 e. The number of aromatic nitrogens is 1.